The summed E-state index contributed by atoms with van der Waals surface area (Å²) in [5.74, 6) is 0. The van der Waals surface area contributed by atoms with Gasteiger partial charge in [-0.3, -0.25) is 0 Å². The predicted octanol–water partition coefficient (Wildman–Crippen LogP) is 1.44. The Hall–Kier alpha value is -1.55. The average molecular weight is 233 g/mol. The minimum absolute atomic E-state index is 0.104. The molecule has 1 unspecified atom stereocenters. The molecule has 1 aromatic rings. The molecule has 2 amide bonds. The van der Waals surface area contributed by atoms with Crippen LogP contribution in [0.4, 0.5) is 4.79 Å². The number of likely N-dealkylation sites (N-methyl/N-ethyl adjacent to an activating group) is 1. The van der Waals surface area contributed by atoms with Crippen molar-refractivity contribution in [1.82, 2.24) is 9.80 Å². The van der Waals surface area contributed by atoms with Gasteiger partial charge in [0, 0.05) is 20.1 Å². The van der Waals surface area contributed by atoms with E-state index in [1.807, 2.05) is 35.0 Å². The van der Waals surface area contributed by atoms with Crippen LogP contribution in [0.2, 0.25) is 0 Å². The third-order valence-electron chi connectivity index (χ3n) is 3.25. The van der Waals surface area contributed by atoms with Gasteiger partial charge in [0.2, 0.25) is 0 Å². The number of benzene rings is 1. The molecule has 92 valence electrons. The summed E-state index contributed by atoms with van der Waals surface area (Å²) in [5.41, 5.74) is 6.67. The zero-order valence-electron chi connectivity index (χ0n) is 10.2. The van der Waals surface area contributed by atoms with Crippen LogP contribution in [-0.4, -0.2) is 42.5 Å². The van der Waals surface area contributed by atoms with Crippen molar-refractivity contribution in [2.45, 2.75) is 12.5 Å². The number of hydrogen-bond donors (Lipinski definition) is 1. The number of carbonyl (C=O) groups excluding carboxylic acids is 1. The molecule has 2 N–H and O–H groups in total. The summed E-state index contributed by atoms with van der Waals surface area (Å²) in [7, 11) is 1.86. The fourth-order valence-corrected chi connectivity index (χ4v) is 2.24. The van der Waals surface area contributed by atoms with Crippen LogP contribution in [0.5, 0.6) is 0 Å². The minimum atomic E-state index is 0.104. The highest BCUT2D eigenvalue weighted by atomic mass is 16.2. The molecule has 1 heterocycles. The highest BCUT2D eigenvalue weighted by Gasteiger charge is 2.34. The second-order valence-electron chi connectivity index (χ2n) is 4.41. The maximum absolute atomic E-state index is 12.0. The molecule has 0 aromatic heterocycles. The summed E-state index contributed by atoms with van der Waals surface area (Å²) in [4.78, 5) is 15.7. The van der Waals surface area contributed by atoms with Gasteiger partial charge in [-0.2, -0.15) is 0 Å². The lowest BCUT2D eigenvalue weighted by atomic mass is 10.1. The van der Waals surface area contributed by atoms with Gasteiger partial charge in [0.25, 0.3) is 0 Å². The van der Waals surface area contributed by atoms with Crippen molar-refractivity contribution in [2.75, 3.05) is 26.7 Å². The third kappa shape index (κ3) is 2.42. The van der Waals surface area contributed by atoms with E-state index in [2.05, 4.69) is 12.1 Å². The van der Waals surface area contributed by atoms with E-state index in [0.717, 1.165) is 19.5 Å². The lowest BCUT2D eigenvalue weighted by molar-refractivity contribution is 0.195. The third-order valence-corrected chi connectivity index (χ3v) is 3.25. The van der Waals surface area contributed by atoms with Crippen molar-refractivity contribution >= 4 is 6.03 Å². The van der Waals surface area contributed by atoms with E-state index in [-0.39, 0.29) is 12.1 Å². The van der Waals surface area contributed by atoms with Crippen molar-refractivity contribution in [1.29, 1.82) is 0 Å². The van der Waals surface area contributed by atoms with Crippen LogP contribution < -0.4 is 5.73 Å². The van der Waals surface area contributed by atoms with Crippen molar-refractivity contribution in [3.8, 4) is 0 Å². The number of rotatable bonds is 4. The zero-order chi connectivity index (χ0) is 12.3. The lowest BCUT2D eigenvalue weighted by Crippen LogP contribution is -2.31. The Morgan fingerprint density at radius 2 is 2.06 bits per heavy atom. The Morgan fingerprint density at radius 1 is 1.35 bits per heavy atom. The number of hydrogen-bond acceptors (Lipinski definition) is 2. The first kappa shape index (κ1) is 11.9. The molecule has 1 aromatic carbocycles. The molecule has 0 radical (unpaired) electrons. The molecule has 0 spiro atoms. The van der Waals surface area contributed by atoms with E-state index in [1.165, 1.54) is 5.56 Å². The van der Waals surface area contributed by atoms with Gasteiger partial charge in [-0.15, -0.1) is 0 Å². The standard InChI is InChI=1S/C13H19N3O/c1-15-12(11-6-3-2-4-7-11)10-16(13(15)17)9-5-8-14/h2-4,6-7,12H,5,8-10,14H2,1H3. The Balaban J connectivity index is 2.09. The zero-order valence-corrected chi connectivity index (χ0v) is 10.2. The Morgan fingerprint density at radius 3 is 2.71 bits per heavy atom. The first-order valence-corrected chi connectivity index (χ1v) is 6.01. The van der Waals surface area contributed by atoms with Crippen molar-refractivity contribution in [2.24, 2.45) is 5.73 Å². The van der Waals surface area contributed by atoms with Gasteiger partial charge in [-0.1, -0.05) is 30.3 Å². The molecule has 1 aliphatic heterocycles. The van der Waals surface area contributed by atoms with Crippen LogP contribution in [0.3, 0.4) is 0 Å². The number of nitrogens with zero attached hydrogens (tertiary/aromatic N) is 2. The minimum Gasteiger partial charge on any atom is -0.330 e. The maximum Gasteiger partial charge on any atom is 0.320 e. The van der Waals surface area contributed by atoms with Crippen molar-refractivity contribution < 1.29 is 4.79 Å². The Kier molecular flexibility index (Phi) is 3.64. The van der Waals surface area contributed by atoms with Crippen LogP contribution in [0.1, 0.15) is 18.0 Å². The summed E-state index contributed by atoms with van der Waals surface area (Å²) in [6.07, 6.45) is 0.862. The summed E-state index contributed by atoms with van der Waals surface area (Å²) in [5, 5.41) is 0. The monoisotopic (exact) mass is 233 g/mol. The summed E-state index contributed by atoms with van der Waals surface area (Å²) in [6, 6.07) is 10.4. The quantitative estimate of drug-likeness (QED) is 0.855. The number of amides is 2. The van der Waals surface area contributed by atoms with Gasteiger partial charge in [0.05, 0.1) is 6.04 Å². The SMILES string of the molecule is CN1C(=O)N(CCCN)CC1c1ccccc1. The largest absolute Gasteiger partial charge is 0.330 e. The van der Waals surface area contributed by atoms with Gasteiger partial charge in [-0.25, -0.2) is 4.79 Å². The molecule has 2 rings (SSSR count). The molecule has 0 bridgehead atoms. The van der Waals surface area contributed by atoms with Crippen LogP contribution in [0.15, 0.2) is 30.3 Å². The van der Waals surface area contributed by atoms with E-state index in [1.54, 1.807) is 0 Å². The van der Waals surface area contributed by atoms with Crippen LogP contribution in [0, 0.1) is 0 Å². The Bertz CT molecular complexity index is 380. The molecular formula is C13H19N3O. The second-order valence-corrected chi connectivity index (χ2v) is 4.41. The molecule has 1 saturated heterocycles. The number of nitrogens with two attached hydrogens (primary N) is 1. The van der Waals surface area contributed by atoms with Gasteiger partial charge in [-0.05, 0) is 18.5 Å². The topological polar surface area (TPSA) is 49.6 Å². The summed E-state index contributed by atoms with van der Waals surface area (Å²) < 4.78 is 0. The smallest absolute Gasteiger partial charge is 0.320 e. The van der Waals surface area contributed by atoms with Gasteiger partial charge in [0.15, 0.2) is 0 Å². The van der Waals surface area contributed by atoms with E-state index in [4.69, 9.17) is 5.73 Å². The van der Waals surface area contributed by atoms with Gasteiger partial charge in [0.1, 0.15) is 0 Å². The molecule has 4 nitrogen and oxygen atoms in total. The van der Waals surface area contributed by atoms with E-state index >= 15 is 0 Å². The fourth-order valence-electron chi connectivity index (χ4n) is 2.24. The van der Waals surface area contributed by atoms with Crippen molar-refractivity contribution in [3.05, 3.63) is 35.9 Å². The molecule has 0 aliphatic carbocycles. The number of urea groups is 1. The molecule has 1 atom stereocenters. The number of carbonyl (C=O) groups is 1. The van der Waals surface area contributed by atoms with Crippen molar-refractivity contribution in [3.63, 3.8) is 0 Å². The van der Waals surface area contributed by atoms with Crippen LogP contribution >= 0.6 is 0 Å². The molecule has 1 fully saturated rings. The van der Waals surface area contributed by atoms with E-state index in [0.29, 0.717) is 6.54 Å². The van der Waals surface area contributed by atoms with Crippen LogP contribution in [0.25, 0.3) is 0 Å². The highest BCUT2D eigenvalue weighted by molar-refractivity contribution is 5.77. The van der Waals surface area contributed by atoms with E-state index < -0.39 is 0 Å². The van der Waals surface area contributed by atoms with E-state index in [9.17, 15) is 4.79 Å². The molecule has 4 heteroatoms. The fraction of sp³-hybridized carbons (Fsp3) is 0.462. The van der Waals surface area contributed by atoms with Gasteiger partial charge < -0.3 is 15.5 Å². The molecule has 1 aliphatic rings. The average Bonchev–Trinajstić information content (AvgIpc) is 2.65. The molecule has 17 heavy (non-hydrogen) atoms. The summed E-state index contributed by atoms with van der Waals surface area (Å²) in [6.45, 7) is 2.14. The molecular weight excluding hydrogens is 214 g/mol. The normalized spacial score (nSPS) is 20.1. The highest BCUT2D eigenvalue weighted by Crippen LogP contribution is 2.27. The lowest BCUT2D eigenvalue weighted by Gasteiger charge is -2.17. The summed E-state index contributed by atoms with van der Waals surface area (Å²) >= 11 is 0. The Labute approximate surface area is 102 Å². The van der Waals surface area contributed by atoms with Crippen LogP contribution in [-0.2, 0) is 0 Å². The first-order chi connectivity index (χ1) is 8.24. The second kappa shape index (κ2) is 5.19. The van der Waals surface area contributed by atoms with Gasteiger partial charge >= 0.3 is 6.03 Å². The maximum atomic E-state index is 12.0. The molecule has 0 saturated carbocycles. The predicted molar refractivity (Wildman–Crippen MR) is 67.6 cm³/mol. The first-order valence-electron chi connectivity index (χ1n) is 6.01.